The molecule has 5 aliphatic heterocycles. The third-order valence-corrected chi connectivity index (χ3v) is 11.5. The van der Waals surface area contributed by atoms with Crippen molar-refractivity contribution in [1.29, 1.82) is 0 Å². The summed E-state index contributed by atoms with van der Waals surface area (Å²) in [6.45, 7) is 0.0174. The minimum Gasteiger partial charge on any atom is -0.504 e. The molecule has 2 fully saturated rings. The Hall–Kier alpha value is -7.06. The van der Waals surface area contributed by atoms with Crippen LogP contribution in [0.25, 0.3) is 11.1 Å². The van der Waals surface area contributed by atoms with E-state index in [9.17, 15) is 19.8 Å². The minimum atomic E-state index is -1.72. The lowest BCUT2D eigenvalue weighted by atomic mass is 9.91. The van der Waals surface area contributed by atoms with Crippen LogP contribution in [0.1, 0.15) is 43.0 Å². The molecule has 0 aliphatic carbocycles. The summed E-state index contributed by atoms with van der Waals surface area (Å²) in [7, 11) is 1.39. The summed E-state index contributed by atoms with van der Waals surface area (Å²) in [5.41, 5.74) is 1.28. The molecule has 0 amide bonds. The number of rotatable bonds is 5. The van der Waals surface area contributed by atoms with Gasteiger partial charge in [-0.15, -0.1) is 0 Å². The summed E-state index contributed by atoms with van der Waals surface area (Å²) >= 11 is 0. The Kier molecular flexibility index (Phi) is 8.11. The lowest BCUT2D eigenvalue weighted by Gasteiger charge is -2.38. The zero-order valence-corrected chi connectivity index (χ0v) is 31.7. The fourth-order valence-electron chi connectivity index (χ4n) is 8.76. The number of carbonyl (C=O) groups is 2. The molecule has 0 saturated carbocycles. The summed E-state index contributed by atoms with van der Waals surface area (Å²) in [6, 6.07) is 38.9. The summed E-state index contributed by atoms with van der Waals surface area (Å²) in [5.74, 6) is -6.90. The number of carbonyl (C=O) groups excluding carboxylic acids is 2. The quantitative estimate of drug-likeness (QED) is 0.173. The second kappa shape index (κ2) is 13.5. The van der Waals surface area contributed by atoms with Crippen LogP contribution in [0.15, 0.2) is 133 Å². The molecule has 6 aromatic carbocycles. The molecule has 4 bridgehead atoms. The van der Waals surface area contributed by atoms with Crippen molar-refractivity contribution in [2.24, 2.45) is 0 Å². The molecular weight excluding hydrogens is 773 g/mol. The van der Waals surface area contributed by atoms with Crippen LogP contribution in [-0.4, -0.2) is 66.6 Å². The number of aromatic hydroxyl groups is 2. The maximum atomic E-state index is 14.9. The number of phenols is 2. The summed E-state index contributed by atoms with van der Waals surface area (Å²) in [4.78, 5) is 29.7. The number of phenolic OH excluding ortho intramolecular Hbond substituents is 2. The molecule has 13 nitrogen and oxygen atoms in total. The van der Waals surface area contributed by atoms with Crippen LogP contribution < -0.4 is 18.9 Å². The van der Waals surface area contributed by atoms with E-state index in [4.69, 9.17) is 42.6 Å². The van der Waals surface area contributed by atoms with Crippen molar-refractivity contribution in [3.05, 3.63) is 167 Å². The van der Waals surface area contributed by atoms with Crippen LogP contribution >= 0.6 is 0 Å². The van der Waals surface area contributed by atoms with Crippen LogP contribution in [0.4, 0.5) is 0 Å². The van der Waals surface area contributed by atoms with E-state index in [1.54, 1.807) is 24.3 Å². The lowest BCUT2D eigenvalue weighted by molar-refractivity contribution is -0.234. The molecule has 13 heteroatoms. The molecule has 300 valence electrons. The summed E-state index contributed by atoms with van der Waals surface area (Å²) in [6.07, 6.45) is -5.22. The largest absolute Gasteiger partial charge is 0.504 e. The highest BCUT2D eigenvalue weighted by molar-refractivity contribution is 6.09. The third-order valence-electron chi connectivity index (χ3n) is 11.5. The van der Waals surface area contributed by atoms with Gasteiger partial charge in [0, 0.05) is 40.5 Å². The third kappa shape index (κ3) is 5.22. The molecule has 6 aromatic rings. The maximum Gasteiger partial charge on any atom is 0.339 e. The first kappa shape index (κ1) is 36.1. The highest BCUT2D eigenvalue weighted by Crippen LogP contribution is 2.62. The second-order valence-electron chi connectivity index (χ2n) is 14.9. The Labute approximate surface area is 342 Å². The lowest BCUT2D eigenvalue weighted by Crippen LogP contribution is -2.57. The first-order valence-electron chi connectivity index (χ1n) is 19.3. The van der Waals surface area contributed by atoms with Gasteiger partial charge in [0.1, 0.15) is 12.2 Å². The predicted octanol–water partition coefficient (Wildman–Crippen LogP) is 6.94. The van der Waals surface area contributed by atoms with Crippen molar-refractivity contribution < 1.29 is 62.4 Å². The van der Waals surface area contributed by atoms with Gasteiger partial charge in [-0.25, -0.2) is 9.59 Å². The zero-order chi connectivity index (χ0) is 40.8. The highest BCUT2D eigenvalue weighted by Gasteiger charge is 2.57. The smallest absolute Gasteiger partial charge is 0.339 e. The monoisotopic (exact) mass is 806 g/mol. The minimum absolute atomic E-state index is 0.0105. The molecule has 11 rings (SSSR count). The van der Waals surface area contributed by atoms with Crippen molar-refractivity contribution in [2.45, 2.75) is 42.3 Å². The maximum absolute atomic E-state index is 14.9. The number of hydrogen-bond acceptors (Lipinski definition) is 13. The van der Waals surface area contributed by atoms with Gasteiger partial charge in [-0.2, -0.15) is 0 Å². The van der Waals surface area contributed by atoms with E-state index in [-0.39, 0.29) is 51.9 Å². The van der Waals surface area contributed by atoms with Crippen LogP contribution in [0.2, 0.25) is 0 Å². The SMILES string of the molecule is CO[C@@H]1[C@H]2OC(=O)c3cc4c(c(O)c3-c3c(cc(O)c5c3OC(c3ccccc3)(c3ccccc3)O5)C(=O)O[C@@H]1[C@H]1CO[C@@H]2O1)OC(c1ccccc1)(c1ccccc1)O4. The van der Waals surface area contributed by atoms with Crippen molar-refractivity contribution in [2.75, 3.05) is 13.7 Å². The molecule has 0 unspecified atom stereocenters. The first-order valence-corrected chi connectivity index (χ1v) is 19.3. The van der Waals surface area contributed by atoms with Crippen molar-refractivity contribution in [3.8, 4) is 45.6 Å². The number of fused-ring (bicyclic) bond motifs is 12. The first-order chi connectivity index (χ1) is 29.3. The molecule has 0 radical (unpaired) electrons. The highest BCUT2D eigenvalue weighted by atomic mass is 16.8. The van der Waals surface area contributed by atoms with Gasteiger partial charge >= 0.3 is 23.5 Å². The molecule has 60 heavy (non-hydrogen) atoms. The second-order valence-corrected chi connectivity index (χ2v) is 14.9. The van der Waals surface area contributed by atoms with Crippen LogP contribution in [0.5, 0.6) is 34.5 Å². The standard InChI is InChI=1S/C47H34O13/c1-52-41-39-33-24-53-45(54-33)42(41)56-44(51)30-23-32-38(59-46(57-32,25-14-6-2-7-15-25)26-16-8-3-9-17-26)36(49)34(30)35-29(43(50)55-39)22-31(48)37-40(35)60-47(58-37,27-18-10-4-11-19-27)28-20-12-5-13-21-28/h2-23,33,39,41-42,45,48-49H,24H2,1H3/t33-,39-,41+,42-,45-/m1/s1. The van der Waals surface area contributed by atoms with Gasteiger partial charge in [-0.1, -0.05) is 121 Å². The molecule has 0 aromatic heterocycles. The van der Waals surface area contributed by atoms with E-state index in [1.807, 2.05) is 97.1 Å². The van der Waals surface area contributed by atoms with Gasteiger partial charge in [0.05, 0.1) is 17.7 Å². The summed E-state index contributed by atoms with van der Waals surface area (Å²) in [5, 5.41) is 24.6. The Morgan fingerprint density at radius 1 is 0.583 bits per heavy atom. The fourth-order valence-corrected chi connectivity index (χ4v) is 8.76. The molecule has 5 atom stereocenters. The van der Waals surface area contributed by atoms with Gasteiger partial charge in [0.15, 0.2) is 41.5 Å². The Morgan fingerprint density at radius 3 is 1.62 bits per heavy atom. The van der Waals surface area contributed by atoms with E-state index in [2.05, 4.69) is 0 Å². The summed E-state index contributed by atoms with van der Waals surface area (Å²) < 4.78 is 57.1. The predicted molar refractivity (Wildman–Crippen MR) is 209 cm³/mol. The molecule has 2 saturated heterocycles. The molecule has 0 spiro atoms. The van der Waals surface area contributed by atoms with Crippen molar-refractivity contribution >= 4 is 11.9 Å². The topological polar surface area (TPSA) is 158 Å². The molecule has 5 heterocycles. The number of hydrogen-bond donors (Lipinski definition) is 2. The Morgan fingerprint density at radius 2 is 1.07 bits per heavy atom. The van der Waals surface area contributed by atoms with Gasteiger partial charge < -0.3 is 52.8 Å². The van der Waals surface area contributed by atoms with Crippen molar-refractivity contribution in [1.82, 2.24) is 0 Å². The van der Waals surface area contributed by atoms with E-state index in [1.165, 1.54) is 13.2 Å². The number of ether oxygens (including phenoxy) is 9. The number of methoxy groups -OCH3 is 1. The number of esters is 2. The van der Waals surface area contributed by atoms with E-state index in [0.29, 0.717) is 22.3 Å². The number of benzene rings is 6. The van der Waals surface area contributed by atoms with Gasteiger partial charge in [0.2, 0.25) is 11.5 Å². The molecule has 2 N–H and O–H groups in total. The van der Waals surface area contributed by atoms with Crippen LogP contribution in [0, 0.1) is 0 Å². The fraction of sp³-hybridized carbons (Fsp3) is 0.191. The average molecular weight is 807 g/mol. The normalized spacial score (nSPS) is 23.7. The van der Waals surface area contributed by atoms with Gasteiger partial charge in [-0.3, -0.25) is 0 Å². The molecular formula is C47H34O13. The van der Waals surface area contributed by atoms with E-state index in [0.717, 1.165) is 6.07 Å². The zero-order valence-electron chi connectivity index (χ0n) is 31.7. The Bertz CT molecular complexity index is 2590. The van der Waals surface area contributed by atoms with E-state index < -0.39 is 65.7 Å². The average Bonchev–Trinajstić information content (AvgIpc) is 4.03. The van der Waals surface area contributed by atoms with Crippen LogP contribution in [-0.2, 0) is 35.3 Å². The van der Waals surface area contributed by atoms with E-state index >= 15 is 0 Å². The Balaban J connectivity index is 1.19. The van der Waals surface area contributed by atoms with Gasteiger partial charge in [-0.05, 0) is 12.1 Å². The van der Waals surface area contributed by atoms with Crippen LogP contribution in [0.3, 0.4) is 0 Å². The molecule has 5 aliphatic rings. The van der Waals surface area contributed by atoms with Crippen molar-refractivity contribution in [3.63, 3.8) is 0 Å². The van der Waals surface area contributed by atoms with Gasteiger partial charge in [0.25, 0.3) is 0 Å².